The van der Waals surface area contributed by atoms with Crippen LogP contribution in [-0.4, -0.2) is 18.1 Å². The van der Waals surface area contributed by atoms with Gasteiger partial charge < -0.3 is 4.90 Å². The number of nitriles is 1. The normalized spacial score (nSPS) is 14.9. The van der Waals surface area contributed by atoms with Gasteiger partial charge in [-0.25, -0.2) is 4.98 Å². The standard InChI is InChI=1S/C15H15N3/c16-8-7-13-11-12-5-1-2-6-14(12)17-15(13)18-9-3-4-10-18/h1-2,5-6,11H,3-4,7,9-10H2. The Morgan fingerprint density at radius 2 is 2.00 bits per heavy atom. The predicted octanol–water partition coefficient (Wildman–Crippen LogP) is 2.90. The highest BCUT2D eigenvalue weighted by molar-refractivity contribution is 5.82. The van der Waals surface area contributed by atoms with Gasteiger partial charge in [-0.1, -0.05) is 18.2 Å². The van der Waals surface area contributed by atoms with Crippen LogP contribution in [0.2, 0.25) is 0 Å². The summed E-state index contributed by atoms with van der Waals surface area (Å²) in [5.41, 5.74) is 2.07. The van der Waals surface area contributed by atoms with Crippen LogP contribution in [0.4, 0.5) is 5.82 Å². The molecule has 1 aromatic carbocycles. The first-order chi connectivity index (χ1) is 8.88. The zero-order chi connectivity index (χ0) is 12.4. The van der Waals surface area contributed by atoms with Crippen LogP contribution in [0.1, 0.15) is 18.4 Å². The summed E-state index contributed by atoms with van der Waals surface area (Å²) in [4.78, 5) is 7.06. The topological polar surface area (TPSA) is 39.9 Å². The lowest BCUT2D eigenvalue weighted by Crippen LogP contribution is -2.20. The lowest BCUT2D eigenvalue weighted by atomic mass is 10.1. The molecule has 0 amide bonds. The van der Waals surface area contributed by atoms with Crippen LogP contribution in [0.5, 0.6) is 0 Å². The molecule has 1 aliphatic heterocycles. The summed E-state index contributed by atoms with van der Waals surface area (Å²) in [5, 5.41) is 10.1. The van der Waals surface area contributed by atoms with Crippen molar-refractivity contribution in [2.75, 3.05) is 18.0 Å². The second-order valence-corrected chi connectivity index (χ2v) is 4.69. The molecule has 2 aromatic rings. The van der Waals surface area contributed by atoms with Crippen LogP contribution in [0.25, 0.3) is 10.9 Å². The Morgan fingerprint density at radius 3 is 2.78 bits per heavy atom. The van der Waals surface area contributed by atoms with E-state index >= 15 is 0 Å². The van der Waals surface area contributed by atoms with Gasteiger partial charge in [0.25, 0.3) is 0 Å². The highest BCUT2D eigenvalue weighted by Gasteiger charge is 2.17. The van der Waals surface area contributed by atoms with Crippen LogP contribution in [0.15, 0.2) is 30.3 Å². The summed E-state index contributed by atoms with van der Waals surface area (Å²) >= 11 is 0. The Hall–Kier alpha value is -2.08. The number of para-hydroxylation sites is 1. The van der Waals surface area contributed by atoms with Gasteiger partial charge in [0.05, 0.1) is 18.0 Å². The Morgan fingerprint density at radius 1 is 1.22 bits per heavy atom. The van der Waals surface area contributed by atoms with E-state index in [2.05, 4.69) is 23.1 Å². The zero-order valence-electron chi connectivity index (χ0n) is 10.3. The molecule has 0 spiro atoms. The monoisotopic (exact) mass is 237 g/mol. The summed E-state index contributed by atoms with van der Waals surface area (Å²) in [6.45, 7) is 2.12. The van der Waals surface area contributed by atoms with Crippen molar-refractivity contribution in [3.05, 3.63) is 35.9 Å². The van der Waals surface area contributed by atoms with Crippen molar-refractivity contribution in [2.24, 2.45) is 0 Å². The summed E-state index contributed by atoms with van der Waals surface area (Å²) in [7, 11) is 0. The zero-order valence-corrected chi connectivity index (χ0v) is 10.3. The first-order valence-electron chi connectivity index (χ1n) is 6.39. The molecule has 2 heterocycles. The first-order valence-corrected chi connectivity index (χ1v) is 6.39. The van der Waals surface area contributed by atoms with Crippen LogP contribution in [-0.2, 0) is 6.42 Å². The molecule has 3 heteroatoms. The maximum atomic E-state index is 8.96. The summed E-state index contributed by atoms with van der Waals surface area (Å²) in [6.07, 6.45) is 2.88. The quantitative estimate of drug-likeness (QED) is 0.806. The van der Waals surface area contributed by atoms with Crippen molar-refractivity contribution in [3.63, 3.8) is 0 Å². The van der Waals surface area contributed by atoms with Crippen molar-refractivity contribution >= 4 is 16.7 Å². The van der Waals surface area contributed by atoms with Gasteiger partial charge in [-0.05, 0) is 25.0 Å². The van der Waals surface area contributed by atoms with E-state index in [4.69, 9.17) is 10.2 Å². The second kappa shape index (κ2) is 4.66. The summed E-state index contributed by atoms with van der Waals surface area (Å²) in [6, 6.07) is 12.5. The Kier molecular flexibility index (Phi) is 2.85. The maximum absolute atomic E-state index is 8.96. The minimum atomic E-state index is 0.434. The van der Waals surface area contributed by atoms with Crippen molar-refractivity contribution in [1.82, 2.24) is 4.98 Å². The Balaban J connectivity index is 2.14. The fourth-order valence-corrected chi connectivity index (χ4v) is 2.57. The van der Waals surface area contributed by atoms with Gasteiger partial charge >= 0.3 is 0 Å². The number of fused-ring (bicyclic) bond motifs is 1. The molecule has 1 fully saturated rings. The highest BCUT2D eigenvalue weighted by atomic mass is 15.2. The molecular formula is C15H15N3. The van der Waals surface area contributed by atoms with Gasteiger partial charge in [-0.2, -0.15) is 5.26 Å². The summed E-state index contributed by atoms with van der Waals surface area (Å²) in [5.74, 6) is 1.01. The van der Waals surface area contributed by atoms with Crippen LogP contribution in [0.3, 0.4) is 0 Å². The van der Waals surface area contributed by atoms with Crippen molar-refractivity contribution in [3.8, 4) is 6.07 Å². The molecular weight excluding hydrogens is 222 g/mol. The number of aromatic nitrogens is 1. The molecule has 0 saturated carbocycles. The first kappa shape index (κ1) is 11.0. The fraction of sp³-hybridized carbons (Fsp3) is 0.333. The maximum Gasteiger partial charge on any atom is 0.133 e. The van der Waals surface area contributed by atoms with E-state index in [9.17, 15) is 0 Å². The Labute approximate surface area is 107 Å². The molecule has 3 nitrogen and oxygen atoms in total. The van der Waals surface area contributed by atoms with E-state index in [0.717, 1.165) is 35.4 Å². The molecule has 0 N–H and O–H groups in total. The van der Waals surface area contributed by atoms with Gasteiger partial charge in [-0.15, -0.1) is 0 Å². The number of nitrogens with zero attached hydrogens (tertiary/aromatic N) is 3. The minimum absolute atomic E-state index is 0.434. The van der Waals surface area contributed by atoms with E-state index in [-0.39, 0.29) is 0 Å². The molecule has 1 aliphatic rings. The lowest BCUT2D eigenvalue weighted by Gasteiger charge is -2.19. The van der Waals surface area contributed by atoms with E-state index in [1.807, 2.05) is 18.2 Å². The van der Waals surface area contributed by atoms with Crippen LogP contribution < -0.4 is 4.90 Å². The van der Waals surface area contributed by atoms with Crippen LogP contribution >= 0.6 is 0 Å². The molecule has 0 unspecified atom stereocenters. The molecule has 0 bridgehead atoms. The lowest BCUT2D eigenvalue weighted by molar-refractivity contribution is 0.929. The molecule has 3 rings (SSSR count). The van der Waals surface area contributed by atoms with Gasteiger partial charge in [0, 0.05) is 24.0 Å². The van der Waals surface area contributed by atoms with E-state index in [1.165, 1.54) is 12.8 Å². The SMILES string of the molecule is N#CCc1cc2ccccc2nc1N1CCCC1. The third kappa shape index (κ3) is 1.91. The Bertz CT molecular complexity index is 607. The smallest absolute Gasteiger partial charge is 0.133 e. The highest BCUT2D eigenvalue weighted by Crippen LogP contribution is 2.26. The number of hydrogen-bond donors (Lipinski definition) is 0. The van der Waals surface area contributed by atoms with Gasteiger partial charge in [0.2, 0.25) is 0 Å². The molecule has 1 saturated heterocycles. The average molecular weight is 237 g/mol. The number of rotatable bonds is 2. The third-order valence-corrected chi connectivity index (χ3v) is 3.46. The molecule has 1 aromatic heterocycles. The van der Waals surface area contributed by atoms with Crippen LogP contribution in [0, 0.1) is 11.3 Å². The number of anilines is 1. The van der Waals surface area contributed by atoms with Gasteiger partial charge in [0.15, 0.2) is 0 Å². The van der Waals surface area contributed by atoms with Crippen molar-refractivity contribution < 1.29 is 0 Å². The number of hydrogen-bond acceptors (Lipinski definition) is 3. The fourth-order valence-electron chi connectivity index (χ4n) is 2.57. The van der Waals surface area contributed by atoms with E-state index < -0.39 is 0 Å². The third-order valence-electron chi connectivity index (χ3n) is 3.46. The minimum Gasteiger partial charge on any atom is -0.356 e. The molecule has 0 aliphatic carbocycles. The second-order valence-electron chi connectivity index (χ2n) is 4.69. The predicted molar refractivity (Wildman–Crippen MR) is 72.5 cm³/mol. The molecule has 0 atom stereocenters. The number of benzene rings is 1. The summed E-state index contributed by atoms with van der Waals surface area (Å²) < 4.78 is 0. The van der Waals surface area contributed by atoms with Gasteiger partial charge in [-0.3, -0.25) is 0 Å². The largest absolute Gasteiger partial charge is 0.356 e. The molecule has 18 heavy (non-hydrogen) atoms. The van der Waals surface area contributed by atoms with Crippen molar-refractivity contribution in [1.29, 1.82) is 5.26 Å². The molecule has 90 valence electrons. The van der Waals surface area contributed by atoms with Crippen molar-refractivity contribution in [2.45, 2.75) is 19.3 Å². The average Bonchev–Trinajstić information content (AvgIpc) is 2.92. The molecule has 0 radical (unpaired) electrons. The van der Waals surface area contributed by atoms with E-state index in [1.54, 1.807) is 0 Å². The van der Waals surface area contributed by atoms with Gasteiger partial charge in [0.1, 0.15) is 5.82 Å². The number of pyridine rings is 1. The van der Waals surface area contributed by atoms with E-state index in [0.29, 0.717) is 6.42 Å².